The van der Waals surface area contributed by atoms with E-state index in [1.165, 1.54) is 0 Å². The molecule has 126 valence electrons. The van der Waals surface area contributed by atoms with Crippen molar-refractivity contribution in [2.24, 2.45) is 0 Å². The first-order chi connectivity index (χ1) is 12.2. The number of furan rings is 1. The zero-order chi connectivity index (χ0) is 17.4. The first-order valence-electron chi connectivity index (χ1n) is 8.05. The molecule has 1 N–H and O–H groups in total. The van der Waals surface area contributed by atoms with Crippen molar-refractivity contribution in [3.8, 4) is 34.1 Å². The van der Waals surface area contributed by atoms with Crippen molar-refractivity contribution in [3.63, 3.8) is 0 Å². The molecule has 0 bridgehead atoms. The Bertz CT molecular complexity index is 1010. The molecule has 5 heteroatoms. The van der Waals surface area contributed by atoms with Crippen LogP contribution in [0.5, 0.6) is 11.5 Å². The predicted octanol–water partition coefficient (Wildman–Crippen LogP) is 5.03. The molecule has 2 aromatic carbocycles. The Balaban J connectivity index is 1.87. The van der Waals surface area contributed by atoms with E-state index in [1.807, 2.05) is 43.3 Å². The second kappa shape index (κ2) is 6.02. The van der Waals surface area contributed by atoms with Gasteiger partial charge in [0.2, 0.25) is 0 Å². The van der Waals surface area contributed by atoms with Gasteiger partial charge in [0, 0.05) is 11.5 Å². The van der Waals surface area contributed by atoms with Gasteiger partial charge in [-0.15, -0.1) is 0 Å². The maximum Gasteiger partial charge on any atom is 0.181 e. The molecule has 0 amide bonds. The minimum Gasteiger partial charge on any atom is -0.507 e. The van der Waals surface area contributed by atoms with E-state index >= 15 is 0 Å². The molecule has 0 fully saturated rings. The quantitative estimate of drug-likeness (QED) is 0.566. The van der Waals surface area contributed by atoms with Crippen LogP contribution >= 0.6 is 0 Å². The Morgan fingerprint density at radius 2 is 1.96 bits per heavy atom. The van der Waals surface area contributed by atoms with Crippen molar-refractivity contribution in [2.75, 3.05) is 7.11 Å². The number of ether oxygens (including phenoxy) is 1. The van der Waals surface area contributed by atoms with Crippen LogP contribution in [-0.4, -0.2) is 17.4 Å². The summed E-state index contributed by atoms with van der Waals surface area (Å²) in [4.78, 5) is 0. The lowest BCUT2D eigenvalue weighted by Crippen LogP contribution is -1.92. The molecule has 0 aliphatic carbocycles. The van der Waals surface area contributed by atoms with Crippen LogP contribution in [-0.2, 0) is 6.42 Å². The smallest absolute Gasteiger partial charge is 0.181 e. The van der Waals surface area contributed by atoms with Gasteiger partial charge in [-0.3, -0.25) is 0 Å². The minimum absolute atomic E-state index is 0.0724. The molecule has 0 aliphatic heterocycles. The Morgan fingerprint density at radius 1 is 1.12 bits per heavy atom. The molecule has 4 aromatic rings. The number of hydrogen-bond donors (Lipinski definition) is 1. The van der Waals surface area contributed by atoms with Gasteiger partial charge in [0.15, 0.2) is 5.76 Å². The van der Waals surface area contributed by atoms with E-state index in [1.54, 1.807) is 19.4 Å². The molecule has 5 nitrogen and oxygen atoms in total. The van der Waals surface area contributed by atoms with Gasteiger partial charge in [-0.25, -0.2) is 0 Å². The summed E-state index contributed by atoms with van der Waals surface area (Å²) >= 11 is 0. The van der Waals surface area contributed by atoms with Gasteiger partial charge in [-0.1, -0.05) is 30.3 Å². The number of aryl methyl sites for hydroxylation is 1. The number of aromatic nitrogens is 1. The molecular weight excluding hydrogens is 318 g/mol. The number of aromatic hydroxyl groups is 1. The fraction of sp³-hybridized carbons (Fsp3) is 0.150. The molecule has 0 atom stereocenters. The van der Waals surface area contributed by atoms with Crippen LogP contribution < -0.4 is 4.74 Å². The third-order valence-electron chi connectivity index (χ3n) is 4.29. The van der Waals surface area contributed by atoms with Crippen LogP contribution in [0.4, 0.5) is 0 Å². The van der Waals surface area contributed by atoms with Crippen LogP contribution in [0.3, 0.4) is 0 Å². The summed E-state index contributed by atoms with van der Waals surface area (Å²) in [6.45, 7) is 2.03. The molecule has 0 spiro atoms. The zero-order valence-corrected chi connectivity index (χ0v) is 13.9. The fourth-order valence-corrected chi connectivity index (χ4v) is 2.99. The van der Waals surface area contributed by atoms with Crippen LogP contribution in [0.25, 0.3) is 33.6 Å². The van der Waals surface area contributed by atoms with Crippen LogP contribution in [0, 0.1) is 0 Å². The lowest BCUT2D eigenvalue weighted by molar-refractivity contribution is 0.401. The second-order valence-electron chi connectivity index (χ2n) is 5.75. The van der Waals surface area contributed by atoms with E-state index in [0.717, 1.165) is 23.0 Å². The predicted molar refractivity (Wildman–Crippen MR) is 94.7 cm³/mol. The van der Waals surface area contributed by atoms with Crippen LogP contribution in [0.2, 0.25) is 0 Å². The maximum absolute atomic E-state index is 10.4. The van der Waals surface area contributed by atoms with Gasteiger partial charge in [-0.2, -0.15) is 0 Å². The van der Waals surface area contributed by atoms with E-state index in [4.69, 9.17) is 13.7 Å². The Labute approximate surface area is 144 Å². The standard InChI is InChI=1S/C20H17NO4/c1-3-12-8-14(16(22)10-18(12)23-2)20-15(11-21-25-20)19-9-13-6-4-5-7-17(13)24-19/h4-11,22H,3H2,1-2H3. The average molecular weight is 335 g/mol. The molecule has 2 heterocycles. The van der Waals surface area contributed by atoms with E-state index in [2.05, 4.69) is 5.16 Å². The van der Waals surface area contributed by atoms with Crippen LogP contribution in [0.1, 0.15) is 12.5 Å². The lowest BCUT2D eigenvalue weighted by atomic mass is 10.0. The molecule has 0 aliphatic rings. The van der Waals surface area contributed by atoms with Crippen molar-refractivity contribution in [1.82, 2.24) is 5.16 Å². The van der Waals surface area contributed by atoms with Gasteiger partial charge < -0.3 is 18.8 Å². The first kappa shape index (κ1) is 15.3. The average Bonchev–Trinajstić information content (AvgIpc) is 3.27. The molecule has 0 saturated carbocycles. The van der Waals surface area contributed by atoms with Gasteiger partial charge in [0.1, 0.15) is 22.8 Å². The molecule has 0 radical (unpaired) electrons. The van der Waals surface area contributed by atoms with E-state index < -0.39 is 0 Å². The van der Waals surface area contributed by atoms with Gasteiger partial charge >= 0.3 is 0 Å². The summed E-state index contributed by atoms with van der Waals surface area (Å²) in [5, 5.41) is 15.3. The largest absolute Gasteiger partial charge is 0.507 e. The van der Waals surface area contributed by atoms with Gasteiger partial charge in [-0.05, 0) is 30.2 Å². The Hall–Kier alpha value is -3.21. The summed E-state index contributed by atoms with van der Waals surface area (Å²) in [5.74, 6) is 1.83. The number of phenols is 1. The molecule has 0 saturated heterocycles. The summed E-state index contributed by atoms with van der Waals surface area (Å²) in [5.41, 5.74) is 3.02. The number of phenolic OH excluding ortho intramolecular Hbond substituents is 1. The number of benzene rings is 2. The number of hydrogen-bond acceptors (Lipinski definition) is 5. The second-order valence-corrected chi connectivity index (χ2v) is 5.75. The minimum atomic E-state index is 0.0724. The molecule has 25 heavy (non-hydrogen) atoms. The zero-order valence-electron chi connectivity index (χ0n) is 13.9. The maximum atomic E-state index is 10.4. The van der Waals surface area contributed by atoms with Crippen molar-refractivity contribution in [3.05, 3.63) is 54.2 Å². The first-order valence-corrected chi connectivity index (χ1v) is 8.05. The molecule has 4 rings (SSSR count). The van der Waals surface area contributed by atoms with E-state index in [-0.39, 0.29) is 5.75 Å². The molecule has 0 unspecified atom stereocenters. The number of nitrogens with zero attached hydrogens (tertiary/aromatic N) is 1. The highest BCUT2D eigenvalue weighted by Crippen LogP contribution is 2.41. The molecule has 2 aromatic heterocycles. The van der Waals surface area contributed by atoms with Crippen molar-refractivity contribution >= 4 is 11.0 Å². The number of methoxy groups -OCH3 is 1. The Kier molecular flexibility index (Phi) is 3.69. The lowest BCUT2D eigenvalue weighted by Gasteiger charge is -2.10. The number of rotatable bonds is 4. The molecular formula is C20H17NO4. The Morgan fingerprint density at radius 3 is 2.72 bits per heavy atom. The number of para-hydroxylation sites is 1. The highest BCUT2D eigenvalue weighted by Gasteiger charge is 2.21. The summed E-state index contributed by atoms with van der Waals surface area (Å²) in [7, 11) is 1.59. The number of fused-ring (bicyclic) bond motifs is 1. The van der Waals surface area contributed by atoms with Gasteiger partial charge in [0.25, 0.3) is 0 Å². The summed E-state index contributed by atoms with van der Waals surface area (Å²) in [6.07, 6.45) is 2.37. The SMILES string of the molecule is CCc1cc(-c2oncc2-c2cc3ccccc3o2)c(O)cc1OC. The van der Waals surface area contributed by atoms with Crippen molar-refractivity contribution in [2.45, 2.75) is 13.3 Å². The topological polar surface area (TPSA) is 68.6 Å². The monoisotopic (exact) mass is 335 g/mol. The van der Waals surface area contributed by atoms with Crippen molar-refractivity contribution in [1.29, 1.82) is 0 Å². The summed E-state index contributed by atoms with van der Waals surface area (Å²) < 4.78 is 16.7. The van der Waals surface area contributed by atoms with Crippen molar-refractivity contribution < 1.29 is 18.8 Å². The van der Waals surface area contributed by atoms with E-state index in [0.29, 0.717) is 28.4 Å². The fourth-order valence-electron chi connectivity index (χ4n) is 2.99. The van der Waals surface area contributed by atoms with Crippen LogP contribution in [0.15, 0.2) is 57.6 Å². The third kappa shape index (κ3) is 2.54. The normalized spacial score (nSPS) is 11.1. The summed E-state index contributed by atoms with van der Waals surface area (Å²) in [6, 6.07) is 13.2. The third-order valence-corrected chi connectivity index (χ3v) is 4.29. The van der Waals surface area contributed by atoms with Gasteiger partial charge in [0.05, 0.1) is 24.4 Å². The highest BCUT2D eigenvalue weighted by molar-refractivity contribution is 5.87. The van der Waals surface area contributed by atoms with E-state index in [9.17, 15) is 5.11 Å². The highest BCUT2D eigenvalue weighted by atomic mass is 16.5.